The third kappa shape index (κ3) is 1.69. The highest BCUT2D eigenvalue weighted by atomic mass is 16.5. The van der Waals surface area contributed by atoms with Gasteiger partial charge in [0.15, 0.2) is 17.3 Å². The topological polar surface area (TPSA) is 101 Å². The number of allylic oxidation sites excluding steroid dienone is 2. The van der Waals surface area contributed by atoms with Crippen LogP contribution in [0.25, 0.3) is 0 Å². The fraction of sp³-hybridized carbons (Fsp3) is 0.214. The minimum absolute atomic E-state index is 0.0348. The van der Waals surface area contributed by atoms with Gasteiger partial charge in [0.1, 0.15) is 11.5 Å². The van der Waals surface area contributed by atoms with Crippen molar-refractivity contribution < 1.29 is 29.3 Å². The van der Waals surface area contributed by atoms with Crippen molar-refractivity contribution in [2.75, 3.05) is 7.11 Å². The molecule has 0 radical (unpaired) electrons. The van der Waals surface area contributed by atoms with Crippen molar-refractivity contribution in [3.05, 3.63) is 34.1 Å². The predicted molar refractivity (Wildman–Crippen MR) is 68.3 cm³/mol. The first-order valence-corrected chi connectivity index (χ1v) is 5.75. The van der Waals surface area contributed by atoms with Crippen LogP contribution >= 0.6 is 0 Å². The Kier molecular flexibility index (Phi) is 3.09. The summed E-state index contributed by atoms with van der Waals surface area (Å²) in [4.78, 5) is 35.9. The molecular weight excluding hydrogens is 264 g/mol. The minimum Gasteiger partial charge on any atom is -0.507 e. The summed E-state index contributed by atoms with van der Waals surface area (Å²) in [6.45, 7) is 2.51. The fourth-order valence-corrected chi connectivity index (χ4v) is 2.19. The lowest BCUT2D eigenvalue weighted by Gasteiger charge is -2.20. The molecule has 0 spiro atoms. The van der Waals surface area contributed by atoms with Crippen LogP contribution in [0.3, 0.4) is 0 Å². The minimum atomic E-state index is -0.704. The van der Waals surface area contributed by atoms with Gasteiger partial charge < -0.3 is 14.9 Å². The SMILES string of the molecule is COC1=CC(=O)c2c(C(C)=O)c(O)c(C)c(O)c2C1=O. The van der Waals surface area contributed by atoms with Crippen molar-refractivity contribution in [3.8, 4) is 11.5 Å². The van der Waals surface area contributed by atoms with Gasteiger partial charge in [-0.2, -0.15) is 0 Å². The number of benzene rings is 1. The summed E-state index contributed by atoms with van der Waals surface area (Å²) in [7, 11) is 1.22. The van der Waals surface area contributed by atoms with Gasteiger partial charge in [0.2, 0.25) is 5.78 Å². The summed E-state index contributed by atoms with van der Waals surface area (Å²) in [5.41, 5.74) is -0.897. The van der Waals surface area contributed by atoms with E-state index in [2.05, 4.69) is 0 Å². The van der Waals surface area contributed by atoms with Gasteiger partial charge in [-0.25, -0.2) is 0 Å². The Morgan fingerprint density at radius 3 is 2.25 bits per heavy atom. The van der Waals surface area contributed by atoms with Crippen LogP contribution in [-0.2, 0) is 4.74 Å². The summed E-state index contributed by atoms with van der Waals surface area (Å²) in [5.74, 6) is -3.19. The van der Waals surface area contributed by atoms with E-state index in [1.807, 2.05) is 0 Å². The Hall–Kier alpha value is -2.63. The second kappa shape index (κ2) is 4.48. The molecule has 1 aliphatic carbocycles. The standard InChI is InChI=1S/C14H12O6/c1-5-12(17)9(6(2)15)10-7(16)4-8(20-3)14(19)11(10)13(5)18/h4,17-18H,1-3H3. The van der Waals surface area contributed by atoms with Crippen molar-refractivity contribution in [1.29, 1.82) is 0 Å². The number of hydrogen-bond donors (Lipinski definition) is 2. The number of hydrogen-bond acceptors (Lipinski definition) is 6. The number of carbonyl (C=O) groups excluding carboxylic acids is 3. The molecule has 6 heteroatoms. The number of rotatable bonds is 2. The summed E-state index contributed by atoms with van der Waals surface area (Å²) in [5, 5.41) is 19.9. The second-order valence-corrected chi connectivity index (χ2v) is 4.41. The van der Waals surface area contributed by atoms with Crippen LogP contribution in [0.5, 0.6) is 11.5 Å². The molecular formula is C14H12O6. The van der Waals surface area contributed by atoms with E-state index in [-0.39, 0.29) is 28.0 Å². The molecule has 0 amide bonds. The van der Waals surface area contributed by atoms with Crippen LogP contribution in [0.15, 0.2) is 11.8 Å². The third-order valence-corrected chi connectivity index (χ3v) is 3.22. The van der Waals surface area contributed by atoms with Crippen molar-refractivity contribution in [2.24, 2.45) is 0 Å². The summed E-state index contributed by atoms with van der Waals surface area (Å²) >= 11 is 0. The van der Waals surface area contributed by atoms with Gasteiger partial charge in [0.25, 0.3) is 0 Å². The first-order valence-electron chi connectivity index (χ1n) is 5.75. The van der Waals surface area contributed by atoms with Gasteiger partial charge in [0.05, 0.1) is 23.8 Å². The second-order valence-electron chi connectivity index (χ2n) is 4.41. The van der Waals surface area contributed by atoms with Crippen LogP contribution < -0.4 is 0 Å². The lowest BCUT2D eigenvalue weighted by Crippen LogP contribution is -2.22. The molecule has 0 atom stereocenters. The molecule has 0 bridgehead atoms. The van der Waals surface area contributed by atoms with Crippen molar-refractivity contribution in [2.45, 2.75) is 13.8 Å². The molecule has 1 aromatic carbocycles. The predicted octanol–water partition coefficient (Wildman–Crippen LogP) is 1.52. The molecule has 0 heterocycles. The fourth-order valence-electron chi connectivity index (χ4n) is 2.19. The molecule has 6 nitrogen and oxygen atoms in total. The van der Waals surface area contributed by atoms with Crippen LogP contribution in [0.4, 0.5) is 0 Å². The first-order chi connectivity index (χ1) is 9.31. The summed E-state index contributed by atoms with van der Waals surface area (Å²) < 4.78 is 4.79. The largest absolute Gasteiger partial charge is 0.507 e. The van der Waals surface area contributed by atoms with Gasteiger partial charge in [-0.05, 0) is 13.8 Å². The monoisotopic (exact) mass is 276 g/mol. The van der Waals surface area contributed by atoms with E-state index in [9.17, 15) is 24.6 Å². The normalized spacial score (nSPS) is 13.8. The Morgan fingerprint density at radius 2 is 1.75 bits per heavy atom. The van der Waals surface area contributed by atoms with Crippen molar-refractivity contribution in [1.82, 2.24) is 0 Å². The van der Waals surface area contributed by atoms with Crippen LogP contribution in [-0.4, -0.2) is 34.7 Å². The smallest absolute Gasteiger partial charge is 0.232 e. The van der Waals surface area contributed by atoms with Crippen LogP contribution in [0.2, 0.25) is 0 Å². The number of fused-ring (bicyclic) bond motifs is 1. The van der Waals surface area contributed by atoms with Gasteiger partial charge >= 0.3 is 0 Å². The average Bonchev–Trinajstić information content (AvgIpc) is 2.39. The lowest BCUT2D eigenvalue weighted by molar-refractivity contribution is 0.0910. The van der Waals surface area contributed by atoms with E-state index in [1.165, 1.54) is 21.0 Å². The maximum atomic E-state index is 12.2. The van der Waals surface area contributed by atoms with E-state index in [0.29, 0.717) is 0 Å². The van der Waals surface area contributed by atoms with Gasteiger partial charge in [-0.3, -0.25) is 14.4 Å². The molecule has 2 rings (SSSR count). The molecule has 0 saturated carbocycles. The lowest BCUT2D eigenvalue weighted by atomic mass is 9.85. The zero-order valence-corrected chi connectivity index (χ0v) is 11.1. The quantitative estimate of drug-likeness (QED) is 0.794. The zero-order valence-electron chi connectivity index (χ0n) is 11.1. The van der Waals surface area contributed by atoms with E-state index in [0.717, 1.165) is 6.08 Å². The number of Topliss-reactive ketones (excluding diaryl/α,β-unsaturated/α-hetero) is 2. The highest BCUT2D eigenvalue weighted by Crippen LogP contribution is 2.40. The molecule has 20 heavy (non-hydrogen) atoms. The highest BCUT2D eigenvalue weighted by molar-refractivity contribution is 6.28. The maximum Gasteiger partial charge on any atom is 0.232 e. The van der Waals surface area contributed by atoms with E-state index in [4.69, 9.17) is 4.74 Å². The number of phenolic OH excluding ortho intramolecular Hbond substituents is 2. The number of ketones is 3. The molecule has 0 fully saturated rings. The molecule has 0 aliphatic heterocycles. The third-order valence-electron chi connectivity index (χ3n) is 3.22. The van der Waals surface area contributed by atoms with Crippen LogP contribution in [0, 0.1) is 6.92 Å². The van der Waals surface area contributed by atoms with Gasteiger partial charge in [-0.1, -0.05) is 0 Å². The Morgan fingerprint density at radius 1 is 1.15 bits per heavy atom. The number of phenols is 2. The van der Waals surface area contributed by atoms with Crippen molar-refractivity contribution in [3.63, 3.8) is 0 Å². The van der Waals surface area contributed by atoms with Crippen molar-refractivity contribution >= 4 is 17.3 Å². The Bertz CT molecular complexity index is 696. The van der Waals surface area contributed by atoms with E-state index < -0.39 is 28.8 Å². The molecule has 2 N–H and O–H groups in total. The average molecular weight is 276 g/mol. The molecule has 1 aliphatic rings. The summed E-state index contributed by atoms with van der Waals surface area (Å²) in [6, 6.07) is 0. The van der Waals surface area contributed by atoms with Gasteiger partial charge in [-0.15, -0.1) is 0 Å². The molecule has 0 unspecified atom stereocenters. The van der Waals surface area contributed by atoms with E-state index >= 15 is 0 Å². The van der Waals surface area contributed by atoms with E-state index in [1.54, 1.807) is 0 Å². The summed E-state index contributed by atoms with van der Waals surface area (Å²) in [6.07, 6.45) is 0.936. The molecule has 1 aromatic rings. The number of carbonyl (C=O) groups is 3. The Balaban J connectivity index is 2.95. The molecule has 104 valence electrons. The number of ether oxygens (including phenoxy) is 1. The zero-order chi connectivity index (χ0) is 15.2. The Labute approximate surface area is 114 Å². The number of methoxy groups -OCH3 is 1. The first kappa shape index (κ1) is 13.8. The molecule has 0 aromatic heterocycles. The van der Waals surface area contributed by atoms with Gasteiger partial charge in [0, 0.05) is 11.6 Å². The molecule has 0 saturated heterocycles. The highest BCUT2D eigenvalue weighted by Gasteiger charge is 2.35. The van der Waals surface area contributed by atoms with Crippen LogP contribution in [0.1, 0.15) is 43.6 Å². The maximum absolute atomic E-state index is 12.2. The number of aromatic hydroxyl groups is 2.